The summed E-state index contributed by atoms with van der Waals surface area (Å²) >= 11 is 0. The van der Waals surface area contributed by atoms with E-state index in [1.54, 1.807) is 0 Å². The van der Waals surface area contributed by atoms with Gasteiger partial charge in [-0.15, -0.1) is 0 Å². The van der Waals surface area contributed by atoms with Gasteiger partial charge in [-0.25, -0.2) is 0 Å². The lowest BCUT2D eigenvalue weighted by Crippen LogP contribution is -2.42. The smallest absolute Gasteiger partial charge is 0.303 e. The molecule has 0 heterocycles. The predicted molar refractivity (Wildman–Crippen MR) is 109 cm³/mol. The van der Waals surface area contributed by atoms with Crippen molar-refractivity contribution in [3.8, 4) is 0 Å². The number of aliphatic hydroxyl groups excluding tert-OH is 2. The third-order valence-corrected chi connectivity index (χ3v) is 7.35. The fourth-order valence-electron chi connectivity index (χ4n) is 5.34. The highest BCUT2D eigenvalue weighted by Crippen LogP contribution is 2.50. The number of carboxylic acids is 1. The molecule has 1 unspecified atom stereocenters. The molecule has 28 heavy (non-hydrogen) atoms. The second-order valence-electron chi connectivity index (χ2n) is 9.27. The number of aliphatic carboxylic acids is 1. The summed E-state index contributed by atoms with van der Waals surface area (Å²) in [5.41, 5.74) is 0.0865. The van der Waals surface area contributed by atoms with Crippen LogP contribution >= 0.6 is 0 Å². The number of aliphatic hydroxyl groups is 2. The molecule has 4 atom stereocenters. The Labute approximate surface area is 169 Å². The maximum absolute atomic E-state index is 12.4. The van der Waals surface area contributed by atoms with Crippen molar-refractivity contribution >= 4 is 11.8 Å². The molecule has 2 aliphatic carbocycles. The minimum atomic E-state index is -0.754. The topological polar surface area (TPSA) is 94.8 Å². The van der Waals surface area contributed by atoms with E-state index in [0.29, 0.717) is 12.8 Å². The molecular formula is C23H40O5. The lowest BCUT2D eigenvalue weighted by atomic mass is 9.61. The van der Waals surface area contributed by atoms with Gasteiger partial charge in [-0.1, -0.05) is 45.4 Å². The average Bonchev–Trinajstić information content (AvgIpc) is 2.88. The number of carbonyl (C=O) groups excluding carboxylic acids is 1. The Bertz CT molecular complexity index is 499. The maximum Gasteiger partial charge on any atom is 0.303 e. The monoisotopic (exact) mass is 396 g/mol. The van der Waals surface area contributed by atoms with Crippen LogP contribution in [0.3, 0.4) is 0 Å². The molecule has 0 saturated heterocycles. The van der Waals surface area contributed by atoms with Gasteiger partial charge in [-0.3, -0.25) is 9.59 Å². The summed E-state index contributed by atoms with van der Waals surface area (Å²) in [6.07, 6.45) is 12.0. The first-order valence-electron chi connectivity index (χ1n) is 11.5. The Hall–Kier alpha value is -0.940. The van der Waals surface area contributed by atoms with Gasteiger partial charge in [-0.2, -0.15) is 0 Å². The normalized spacial score (nSPS) is 27.5. The van der Waals surface area contributed by atoms with E-state index in [1.807, 2.05) is 0 Å². The molecule has 0 aromatic heterocycles. The van der Waals surface area contributed by atoms with Crippen LogP contribution in [0.5, 0.6) is 0 Å². The van der Waals surface area contributed by atoms with Crippen LogP contribution in [0.2, 0.25) is 0 Å². The molecule has 5 heteroatoms. The molecule has 2 rings (SSSR count). The Morgan fingerprint density at radius 2 is 1.86 bits per heavy atom. The zero-order chi connectivity index (χ0) is 20.6. The molecule has 0 aromatic rings. The summed E-state index contributed by atoms with van der Waals surface area (Å²) in [7, 11) is 0. The summed E-state index contributed by atoms with van der Waals surface area (Å²) < 4.78 is 0. The van der Waals surface area contributed by atoms with Gasteiger partial charge in [0.1, 0.15) is 5.78 Å². The fourth-order valence-corrected chi connectivity index (χ4v) is 5.34. The highest BCUT2D eigenvalue weighted by molar-refractivity contribution is 5.84. The first-order chi connectivity index (χ1) is 13.4. The summed E-state index contributed by atoms with van der Waals surface area (Å²) in [5.74, 6) is -0.697. The molecule has 0 bridgehead atoms. The predicted octanol–water partition coefficient (Wildman–Crippen LogP) is 4.48. The average molecular weight is 397 g/mol. The number of Topliss-reactive ketones (excluding diaryl/α,β-unsaturated/α-hetero) is 1. The number of hydrogen-bond acceptors (Lipinski definition) is 4. The highest BCUT2D eigenvalue weighted by atomic mass is 16.4. The summed E-state index contributed by atoms with van der Waals surface area (Å²) in [6.45, 7) is 2.19. The number of rotatable bonds is 14. The fraction of sp³-hybridized carbons (Fsp3) is 0.913. The Kier molecular flexibility index (Phi) is 9.42. The van der Waals surface area contributed by atoms with Gasteiger partial charge in [0.05, 0.1) is 12.2 Å². The quantitative estimate of drug-likeness (QED) is 0.376. The van der Waals surface area contributed by atoms with Crippen LogP contribution in [0, 0.1) is 17.3 Å². The van der Waals surface area contributed by atoms with Crippen molar-refractivity contribution < 1.29 is 24.9 Å². The lowest BCUT2D eigenvalue weighted by molar-refractivity contribution is -0.137. The molecule has 5 nitrogen and oxygen atoms in total. The molecule has 0 spiro atoms. The van der Waals surface area contributed by atoms with Gasteiger partial charge in [-0.05, 0) is 56.3 Å². The summed E-state index contributed by atoms with van der Waals surface area (Å²) in [5, 5.41) is 29.9. The van der Waals surface area contributed by atoms with Crippen molar-refractivity contribution in [1.29, 1.82) is 0 Å². The van der Waals surface area contributed by atoms with E-state index in [0.717, 1.165) is 64.2 Å². The molecule has 162 valence electrons. The van der Waals surface area contributed by atoms with E-state index in [1.165, 1.54) is 6.42 Å². The van der Waals surface area contributed by atoms with Gasteiger partial charge in [0.15, 0.2) is 0 Å². The van der Waals surface area contributed by atoms with E-state index in [4.69, 9.17) is 5.11 Å². The first-order valence-corrected chi connectivity index (χ1v) is 11.5. The first kappa shape index (κ1) is 23.3. The standard InChI is InChI=1S/C23H40O5/c1-2-3-13-23(14-8-15-23)21(26)12-11-18-17(19(24)16-20(18)25)9-6-4-5-7-10-22(27)28/h17-18,20-21,25-26H,2-16H2,1H3,(H,27,28)/t17-,18-,20-,21?/m1/s1. The van der Waals surface area contributed by atoms with Gasteiger partial charge in [0.2, 0.25) is 0 Å². The van der Waals surface area contributed by atoms with Gasteiger partial charge < -0.3 is 15.3 Å². The van der Waals surface area contributed by atoms with Crippen LogP contribution in [0.1, 0.15) is 103 Å². The van der Waals surface area contributed by atoms with Gasteiger partial charge in [0, 0.05) is 18.8 Å². The Morgan fingerprint density at radius 3 is 2.46 bits per heavy atom. The minimum absolute atomic E-state index is 0.0236. The van der Waals surface area contributed by atoms with Crippen molar-refractivity contribution in [3.05, 3.63) is 0 Å². The summed E-state index contributed by atoms with van der Waals surface area (Å²) in [6, 6.07) is 0. The molecule has 2 fully saturated rings. The SMILES string of the molecule is CCCCC1(C(O)CC[C@H]2[C@H](O)CC(=O)[C@@H]2CCCCCCC(=O)O)CCC1. The van der Waals surface area contributed by atoms with Crippen LogP contribution in [-0.2, 0) is 9.59 Å². The largest absolute Gasteiger partial charge is 0.481 e. The minimum Gasteiger partial charge on any atom is -0.481 e. The van der Waals surface area contributed by atoms with Crippen LogP contribution < -0.4 is 0 Å². The molecule has 0 amide bonds. The Morgan fingerprint density at radius 1 is 1.14 bits per heavy atom. The van der Waals surface area contributed by atoms with E-state index in [-0.39, 0.29) is 42.0 Å². The molecule has 2 saturated carbocycles. The highest BCUT2D eigenvalue weighted by Gasteiger charge is 2.45. The Balaban J connectivity index is 1.77. The number of unbranched alkanes of at least 4 members (excludes halogenated alkanes) is 4. The lowest BCUT2D eigenvalue weighted by Gasteiger charge is -2.46. The molecule has 3 N–H and O–H groups in total. The third kappa shape index (κ3) is 6.28. The third-order valence-electron chi connectivity index (χ3n) is 7.35. The molecule has 2 aliphatic rings. The van der Waals surface area contributed by atoms with Crippen molar-refractivity contribution in [2.24, 2.45) is 17.3 Å². The zero-order valence-corrected chi connectivity index (χ0v) is 17.6. The maximum atomic E-state index is 12.4. The van der Waals surface area contributed by atoms with Crippen molar-refractivity contribution in [3.63, 3.8) is 0 Å². The van der Waals surface area contributed by atoms with Gasteiger partial charge >= 0.3 is 5.97 Å². The van der Waals surface area contributed by atoms with Crippen LogP contribution in [-0.4, -0.2) is 39.3 Å². The number of ketones is 1. The van der Waals surface area contributed by atoms with Gasteiger partial charge in [0.25, 0.3) is 0 Å². The van der Waals surface area contributed by atoms with E-state index in [2.05, 4.69) is 6.92 Å². The summed E-state index contributed by atoms with van der Waals surface area (Å²) in [4.78, 5) is 22.9. The van der Waals surface area contributed by atoms with Crippen LogP contribution in [0.4, 0.5) is 0 Å². The molecular weight excluding hydrogens is 356 g/mol. The van der Waals surface area contributed by atoms with Crippen molar-refractivity contribution in [1.82, 2.24) is 0 Å². The second kappa shape index (κ2) is 11.3. The van der Waals surface area contributed by atoms with Crippen molar-refractivity contribution in [2.45, 2.75) is 115 Å². The van der Waals surface area contributed by atoms with Crippen LogP contribution in [0.25, 0.3) is 0 Å². The number of carbonyl (C=O) groups is 2. The molecule has 0 aliphatic heterocycles. The van der Waals surface area contributed by atoms with Crippen LogP contribution in [0.15, 0.2) is 0 Å². The number of carboxylic acid groups (broad SMARTS) is 1. The second-order valence-corrected chi connectivity index (χ2v) is 9.27. The van der Waals surface area contributed by atoms with E-state index >= 15 is 0 Å². The zero-order valence-electron chi connectivity index (χ0n) is 17.6. The molecule has 0 aromatic carbocycles. The number of hydrogen-bond donors (Lipinski definition) is 3. The van der Waals surface area contributed by atoms with Crippen molar-refractivity contribution in [2.75, 3.05) is 0 Å². The van der Waals surface area contributed by atoms with E-state index < -0.39 is 12.1 Å². The van der Waals surface area contributed by atoms with E-state index in [9.17, 15) is 19.8 Å². The molecule has 0 radical (unpaired) electrons.